The van der Waals surface area contributed by atoms with Crippen molar-refractivity contribution in [1.29, 1.82) is 0 Å². The monoisotopic (exact) mass is 419 g/mol. The molecular formula is C23H21N3O3S. The molecule has 3 aromatic heterocycles. The third-order valence-corrected chi connectivity index (χ3v) is 5.55. The third kappa shape index (κ3) is 4.58. The van der Waals surface area contributed by atoms with Gasteiger partial charge < -0.3 is 9.26 Å². The van der Waals surface area contributed by atoms with Gasteiger partial charge in [0, 0.05) is 17.8 Å². The largest absolute Gasteiger partial charge is 0.457 e. The molecule has 0 aliphatic carbocycles. The van der Waals surface area contributed by atoms with Crippen LogP contribution in [0.3, 0.4) is 0 Å². The van der Waals surface area contributed by atoms with E-state index in [0.717, 1.165) is 33.0 Å². The van der Waals surface area contributed by atoms with E-state index in [-0.39, 0.29) is 6.61 Å². The van der Waals surface area contributed by atoms with E-state index in [1.54, 1.807) is 24.3 Å². The zero-order valence-corrected chi connectivity index (χ0v) is 17.6. The van der Waals surface area contributed by atoms with Gasteiger partial charge in [-0.1, -0.05) is 41.6 Å². The van der Waals surface area contributed by atoms with E-state index in [0.29, 0.717) is 12.3 Å². The van der Waals surface area contributed by atoms with Crippen LogP contribution in [0.15, 0.2) is 64.6 Å². The Labute approximate surface area is 178 Å². The van der Waals surface area contributed by atoms with Crippen molar-refractivity contribution < 1.29 is 14.1 Å². The maximum absolute atomic E-state index is 12.2. The van der Waals surface area contributed by atoms with Crippen LogP contribution in [0.5, 0.6) is 0 Å². The Morgan fingerprint density at radius 3 is 2.73 bits per heavy atom. The van der Waals surface area contributed by atoms with Crippen molar-refractivity contribution in [2.75, 3.05) is 0 Å². The first kappa shape index (κ1) is 19.8. The van der Waals surface area contributed by atoms with E-state index in [1.165, 1.54) is 6.08 Å². The summed E-state index contributed by atoms with van der Waals surface area (Å²) in [6.45, 7) is 4.41. The van der Waals surface area contributed by atoms with Crippen LogP contribution < -0.4 is 0 Å². The number of carbonyl (C=O) groups excluding carboxylic acids is 1. The minimum Gasteiger partial charge on any atom is -0.457 e. The van der Waals surface area contributed by atoms with E-state index in [4.69, 9.17) is 14.4 Å². The molecule has 4 aromatic rings. The second-order valence-electron chi connectivity index (χ2n) is 6.84. The van der Waals surface area contributed by atoms with Crippen LogP contribution in [0.2, 0.25) is 0 Å². The number of hydrogen-bond donors (Lipinski definition) is 0. The molecule has 0 saturated heterocycles. The number of hydrogen-bond acceptors (Lipinski definition) is 6. The highest BCUT2D eigenvalue weighted by atomic mass is 32.1. The molecule has 0 bridgehead atoms. The quantitative estimate of drug-likeness (QED) is 0.311. The van der Waals surface area contributed by atoms with Crippen molar-refractivity contribution in [2.45, 2.75) is 27.0 Å². The molecule has 0 fully saturated rings. The van der Waals surface area contributed by atoms with Crippen LogP contribution >= 0.6 is 11.3 Å². The van der Waals surface area contributed by atoms with Crippen LogP contribution in [0.1, 0.15) is 28.1 Å². The third-order valence-electron chi connectivity index (χ3n) is 4.67. The van der Waals surface area contributed by atoms with Gasteiger partial charge in [0.15, 0.2) is 0 Å². The zero-order valence-electron chi connectivity index (χ0n) is 16.7. The summed E-state index contributed by atoms with van der Waals surface area (Å²) in [5, 5.41) is 10.6. The maximum atomic E-state index is 12.2. The first-order valence-corrected chi connectivity index (χ1v) is 10.4. The van der Waals surface area contributed by atoms with Crippen LogP contribution in [-0.4, -0.2) is 20.9 Å². The van der Waals surface area contributed by atoms with Crippen molar-refractivity contribution >= 4 is 23.4 Å². The molecule has 0 saturated carbocycles. The highest BCUT2D eigenvalue weighted by molar-refractivity contribution is 7.13. The Balaban J connectivity index is 1.51. The van der Waals surface area contributed by atoms with Gasteiger partial charge in [-0.2, -0.15) is 5.10 Å². The minimum absolute atomic E-state index is 0.134. The molecular weight excluding hydrogens is 398 g/mol. The van der Waals surface area contributed by atoms with E-state index >= 15 is 0 Å². The highest BCUT2D eigenvalue weighted by Gasteiger charge is 2.13. The van der Waals surface area contributed by atoms with Gasteiger partial charge in [-0.05, 0) is 36.9 Å². The molecule has 3 heterocycles. The van der Waals surface area contributed by atoms with Crippen LogP contribution in [0, 0.1) is 13.8 Å². The molecule has 1 aromatic carbocycles. The van der Waals surface area contributed by atoms with Crippen molar-refractivity contribution in [1.82, 2.24) is 14.9 Å². The van der Waals surface area contributed by atoms with Crippen LogP contribution in [0.4, 0.5) is 0 Å². The molecule has 30 heavy (non-hydrogen) atoms. The number of ether oxygens (including phenoxy) is 1. The molecule has 152 valence electrons. The fraction of sp³-hybridized carbons (Fsp3) is 0.174. The first-order valence-electron chi connectivity index (χ1n) is 9.52. The molecule has 0 amide bonds. The molecule has 0 N–H and O–H groups in total. The second-order valence-corrected chi connectivity index (χ2v) is 7.78. The fourth-order valence-corrected chi connectivity index (χ4v) is 3.80. The topological polar surface area (TPSA) is 70.2 Å². The van der Waals surface area contributed by atoms with Crippen LogP contribution in [0.25, 0.3) is 16.6 Å². The fourth-order valence-electron chi connectivity index (χ4n) is 3.07. The average molecular weight is 420 g/mol. The number of carbonyl (C=O) groups is 1. The molecule has 0 unspecified atom stereocenters. The lowest BCUT2D eigenvalue weighted by molar-refractivity contribution is -0.138. The van der Waals surface area contributed by atoms with Gasteiger partial charge in [-0.25, -0.2) is 4.79 Å². The Morgan fingerprint density at radius 1 is 1.20 bits per heavy atom. The number of nitrogens with zero attached hydrogens (tertiary/aromatic N) is 3. The van der Waals surface area contributed by atoms with E-state index in [9.17, 15) is 4.79 Å². The lowest BCUT2D eigenvalue weighted by Crippen LogP contribution is -2.02. The Bertz CT molecular complexity index is 1140. The van der Waals surface area contributed by atoms with Crippen LogP contribution in [-0.2, 0) is 22.7 Å². The van der Waals surface area contributed by atoms with E-state index in [2.05, 4.69) is 17.3 Å². The standard InChI is InChI=1S/C23H21N3O3S/c1-16-20(17(2)29-25-16)15-28-22(27)11-10-19-14-26(13-18-7-4-3-5-8-18)24-23(19)21-9-6-12-30-21/h3-12,14H,13,15H2,1-2H3/b11-10+. The Kier molecular flexibility index (Phi) is 5.90. The van der Waals surface area contributed by atoms with Crippen molar-refractivity contribution in [2.24, 2.45) is 0 Å². The highest BCUT2D eigenvalue weighted by Crippen LogP contribution is 2.28. The summed E-state index contributed by atoms with van der Waals surface area (Å²) in [4.78, 5) is 13.3. The van der Waals surface area contributed by atoms with Gasteiger partial charge in [0.05, 0.1) is 22.7 Å². The Hall–Kier alpha value is -3.45. The number of benzene rings is 1. The van der Waals surface area contributed by atoms with Gasteiger partial charge >= 0.3 is 5.97 Å². The number of aromatic nitrogens is 3. The van der Waals surface area contributed by atoms with Gasteiger partial charge in [0.2, 0.25) is 0 Å². The summed E-state index contributed by atoms with van der Waals surface area (Å²) in [6.07, 6.45) is 5.12. The van der Waals surface area contributed by atoms with Crippen molar-refractivity contribution in [3.8, 4) is 10.6 Å². The predicted octanol–water partition coefficient (Wildman–Crippen LogP) is 5.02. The summed E-state index contributed by atoms with van der Waals surface area (Å²) in [7, 11) is 0. The summed E-state index contributed by atoms with van der Waals surface area (Å²) >= 11 is 1.61. The van der Waals surface area contributed by atoms with Crippen molar-refractivity contribution in [3.63, 3.8) is 0 Å². The molecule has 7 heteroatoms. The molecule has 0 atom stereocenters. The minimum atomic E-state index is -0.428. The second kappa shape index (κ2) is 8.92. The Morgan fingerprint density at radius 2 is 2.03 bits per heavy atom. The van der Waals surface area contributed by atoms with Gasteiger partial charge in [-0.15, -0.1) is 11.3 Å². The summed E-state index contributed by atoms with van der Waals surface area (Å²) in [5.74, 6) is 0.231. The van der Waals surface area contributed by atoms with Gasteiger partial charge in [-0.3, -0.25) is 4.68 Å². The number of aryl methyl sites for hydroxylation is 2. The first-order chi connectivity index (χ1) is 14.6. The normalized spacial score (nSPS) is 11.3. The van der Waals surface area contributed by atoms with E-state index < -0.39 is 5.97 Å². The lowest BCUT2D eigenvalue weighted by atomic mass is 10.2. The SMILES string of the molecule is Cc1noc(C)c1COC(=O)/C=C/c1cn(Cc2ccccc2)nc1-c1cccs1. The lowest BCUT2D eigenvalue weighted by Gasteiger charge is -2.01. The summed E-state index contributed by atoms with van der Waals surface area (Å²) in [5.41, 5.74) is 4.39. The number of rotatable bonds is 7. The summed E-state index contributed by atoms with van der Waals surface area (Å²) < 4.78 is 12.3. The van der Waals surface area contributed by atoms with E-state index in [1.807, 2.05) is 53.5 Å². The average Bonchev–Trinajstić information content (AvgIpc) is 3.47. The van der Waals surface area contributed by atoms with Crippen molar-refractivity contribution in [3.05, 3.63) is 88.3 Å². The summed E-state index contributed by atoms with van der Waals surface area (Å²) in [6, 6.07) is 14.1. The smallest absolute Gasteiger partial charge is 0.331 e. The molecule has 0 spiro atoms. The molecule has 0 aliphatic heterocycles. The zero-order chi connectivity index (χ0) is 20.9. The van der Waals surface area contributed by atoms with Gasteiger partial charge in [0.1, 0.15) is 18.1 Å². The van der Waals surface area contributed by atoms with Gasteiger partial charge in [0.25, 0.3) is 0 Å². The maximum Gasteiger partial charge on any atom is 0.331 e. The number of esters is 1. The molecule has 4 rings (SSSR count). The molecule has 0 aliphatic rings. The molecule has 0 radical (unpaired) electrons. The predicted molar refractivity (Wildman–Crippen MR) is 116 cm³/mol. The molecule has 6 nitrogen and oxygen atoms in total. The number of thiophene rings is 1.